The zero-order valence-corrected chi connectivity index (χ0v) is 11.9. The number of hydrogen-bond acceptors (Lipinski definition) is 2. The SMILES string of the molecule is CCc1cc(C2CC2)n(-c2cc(C(=O)O)ccc2Cl)n1. The third-order valence-corrected chi connectivity index (χ3v) is 3.89. The molecule has 1 heterocycles. The summed E-state index contributed by atoms with van der Waals surface area (Å²) in [4.78, 5) is 11.1. The van der Waals surface area contributed by atoms with Crippen LogP contribution in [-0.4, -0.2) is 20.9 Å². The first-order chi connectivity index (χ1) is 9.60. The van der Waals surface area contributed by atoms with E-state index in [-0.39, 0.29) is 5.56 Å². The van der Waals surface area contributed by atoms with Gasteiger partial charge in [-0.3, -0.25) is 0 Å². The molecule has 5 heteroatoms. The lowest BCUT2D eigenvalue weighted by Crippen LogP contribution is -2.05. The molecule has 4 nitrogen and oxygen atoms in total. The lowest BCUT2D eigenvalue weighted by molar-refractivity contribution is 0.0697. The summed E-state index contributed by atoms with van der Waals surface area (Å²) in [5.41, 5.74) is 3.00. The summed E-state index contributed by atoms with van der Waals surface area (Å²) in [6.45, 7) is 2.05. The second kappa shape index (κ2) is 4.94. The molecule has 0 aliphatic heterocycles. The minimum atomic E-state index is -0.959. The molecule has 0 bridgehead atoms. The van der Waals surface area contributed by atoms with E-state index in [1.807, 2.05) is 4.68 Å². The second-order valence-corrected chi connectivity index (χ2v) is 5.48. The lowest BCUT2D eigenvalue weighted by Gasteiger charge is -2.09. The molecule has 0 amide bonds. The van der Waals surface area contributed by atoms with Crippen LogP contribution in [0.1, 0.15) is 47.4 Å². The summed E-state index contributed by atoms with van der Waals surface area (Å²) in [6.07, 6.45) is 3.17. The zero-order chi connectivity index (χ0) is 14.3. The standard InChI is InChI=1S/C15H15ClN2O2/c1-2-11-8-13(9-3-4-9)18(17-11)14-7-10(15(19)20)5-6-12(14)16/h5-9H,2-4H2,1H3,(H,19,20). The fourth-order valence-electron chi connectivity index (χ4n) is 2.29. The molecule has 104 valence electrons. The third-order valence-electron chi connectivity index (χ3n) is 3.57. The summed E-state index contributed by atoms with van der Waals surface area (Å²) in [5.74, 6) is -0.439. The number of carboxylic acids is 1. The Morgan fingerprint density at radius 3 is 2.80 bits per heavy atom. The number of aryl methyl sites for hydroxylation is 1. The quantitative estimate of drug-likeness (QED) is 0.935. The Morgan fingerprint density at radius 2 is 2.20 bits per heavy atom. The van der Waals surface area contributed by atoms with Crippen molar-refractivity contribution >= 4 is 17.6 Å². The number of rotatable bonds is 4. The van der Waals surface area contributed by atoms with E-state index in [1.54, 1.807) is 12.1 Å². The normalized spacial score (nSPS) is 14.5. The van der Waals surface area contributed by atoms with Crippen LogP contribution in [0.15, 0.2) is 24.3 Å². The van der Waals surface area contributed by atoms with Crippen LogP contribution in [0.3, 0.4) is 0 Å². The van der Waals surface area contributed by atoms with E-state index in [4.69, 9.17) is 16.7 Å². The molecule has 1 aliphatic rings. The van der Waals surface area contributed by atoms with Gasteiger partial charge in [0, 0.05) is 11.6 Å². The van der Waals surface area contributed by atoms with Crippen molar-refractivity contribution in [2.75, 3.05) is 0 Å². The Morgan fingerprint density at radius 1 is 1.45 bits per heavy atom. The van der Waals surface area contributed by atoms with Gasteiger partial charge in [-0.1, -0.05) is 18.5 Å². The van der Waals surface area contributed by atoms with Crippen LogP contribution in [0.25, 0.3) is 5.69 Å². The molecule has 0 saturated heterocycles. The van der Waals surface area contributed by atoms with E-state index in [1.165, 1.54) is 6.07 Å². The zero-order valence-electron chi connectivity index (χ0n) is 11.1. The van der Waals surface area contributed by atoms with Crippen LogP contribution in [0.5, 0.6) is 0 Å². The number of nitrogens with zero attached hydrogens (tertiary/aromatic N) is 2. The number of halogens is 1. The van der Waals surface area contributed by atoms with E-state index >= 15 is 0 Å². The highest BCUT2D eigenvalue weighted by Crippen LogP contribution is 2.41. The third kappa shape index (κ3) is 2.31. The summed E-state index contributed by atoms with van der Waals surface area (Å²) >= 11 is 6.23. The molecular formula is C15H15ClN2O2. The predicted molar refractivity (Wildman–Crippen MR) is 76.9 cm³/mol. The van der Waals surface area contributed by atoms with Crippen molar-refractivity contribution < 1.29 is 9.90 Å². The largest absolute Gasteiger partial charge is 0.478 e. The number of benzene rings is 1. The Balaban J connectivity index is 2.14. The first-order valence-electron chi connectivity index (χ1n) is 6.72. The van der Waals surface area contributed by atoms with Gasteiger partial charge in [-0.15, -0.1) is 0 Å². The van der Waals surface area contributed by atoms with Gasteiger partial charge in [-0.05, 0) is 43.5 Å². The van der Waals surface area contributed by atoms with E-state index in [0.717, 1.165) is 30.7 Å². The van der Waals surface area contributed by atoms with Gasteiger partial charge >= 0.3 is 5.97 Å². The van der Waals surface area contributed by atoms with Gasteiger partial charge in [-0.2, -0.15) is 5.10 Å². The first kappa shape index (κ1) is 13.2. The van der Waals surface area contributed by atoms with Crippen LogP contribution >= 0.6 is 11.6 Å². The lowest BCUT2D eigenvalue weighted by atomic mass is 10.2. The molecule has 1 N–H and O–H groups in total. The van der Waals surface area contributed by atoms with Crippen molar-refractivity contribution in [1.29, 1.82) is 0 Å². The van der Waals surface area contributed by atoms with Crippen LogP contribution in [0.2, 0.25) is 5.02 Å². The van der Waals surface area contributed by atoms with E-state index in [9.17, 15) is 4.79 Å². The maximum atomic E-state index is 11.1. The van der Waals surface area contributed by atoms with Crippen LogP contribution in [0.4, 0.5) is 0 Å². The van der Waals surface area contributed by atoms with Crippen LogP contribution < -0.4 is 0 Å². The van der Waals surface area contributed by atoms with E-state index < -0.39 is 5.97 Å². The Bertz CT molecular complexity index is 675. The molecule has 0 atom stereocenters. The molecule has 1 fully saturated rings. The fourth-order valence-corrected chi connectivity index (χ4v) is 2.49. The maximum Gasteiger partial charge on any atom is 0.335 e. The average Bonchev–Trinajstić information content (AvgIpc) is 3.19. The monoisotopic (exact) mass is 290 g/mol. The van der Waals surface area contributed by atoms with Gasteiger partial charge in [0.05, 0.1) is 22.0 Å². The minimum absolute atomic E-state index is 0.222. The van der Waals surface area contributed by atoms with E-state index in [0.29, 0.717) is 16.6 Å². The average molecular weight is 291 g/mol. The van der Waals surface area contributed by atoms with Crippen LogP contribution in [-0.2, 0) is 6.42 Å². The molecule has 1 saturated carbocycles. The van der Waals surface area contributed by atoms with Gasteiger partial charge in [-0.25, -0.2) is 9.48 Å². The van der Waals surface area contributed by atoms with Gasteiger partial charge in [0.25, 0.3) is 0 Å². The molecule has 20 heavy (non-hydrogen) atoms. The van der Waals surface area contributed by atoms with Gasteiger partial charge in [0.15, 0.2) is 0 Å². The van der Waals surface area contributed by atoms with Crippen molar-refractivity contribution in [1.82, 2.24) is 9.78 Å². The van der Waals surface area contributed by atoms with Crippen molar-refractivity contribution in [3.63, 3.8) is 0 Å². The van der Waals surface area contributed by atoms with Gasteiger partial charge in [0.2, 0.25) is 0 Å². The Labute approximate surface area is 122 Å². The van der Waals surface area contributed by atoms with Gasteiger partial charge in [0.1, 0.15) is 0 Å². The van der Waals surface area contributed by atoms with Crippen LogP contribution in [0, 0.1) is 0 Å². The van der Waals surface area contributed by atoms with Crippen molar-refractivity contribution in [3.8, 4) is 5.69 Å². The first-order valence-corrected chi connectivity index (χ1v) is 7.10. The molecule has 1 aromatic heterocycles. The molecule has 3 rings (SSSR count). The summed E-state index contributed by atoms with van der Waals surface area (Å²) < 4.78 is 1.81. The molecule has 0 radical (unpaired) electrons. The number of carbonyl (C=O) groups is 1. The van der Waals surface area contributed by atoms with Gasteiger partial charge < -0.3 is 5.11 Å². The summed E-state index contributed by atoms with van der Waals surface area (Å²) in [5, 5.41) is 14.2. The Kier molecular flexibility index (Phi) is 3.26. The van der Waals surface area contributed by atoms with Crippen molar-refractivity contribution in [2.45, 2.75) is 32.1 Å². The Hall–Kier alpha value is -1.81. The number of aromatic carboxylic acids is 1. The highest BCUT2D eigenvalue weighted by Gasteiger charge is 2.29. The summed E-state index contributed by atoms with van der Waals surface area (Å²) in [7, 11) is 0. The van der Waals surface area contributed by atoms with Crippen molar-refractivity contribution in [2.24, 2.45) is 0 Å². The topological polar surface area (TPSA) is 55.1 Å². The second-order valence-electron chi connectivity index (χ2n) is 5.07. The van der Waals surface area contributed by atoms with Crippen molar-refractivity contribution in [3.05, 3.63) is 46.2 Å². The number of carboxylic acid groups (broad SMARTS) is 1. The smallest absolute Gasteiger partial charge is 0.335 e. The number of aromatic nitrogens is 2. The minimum Gasteiger partial charge on any atom is -0.478 e. The molecule has 0 unspecified atom stereocenters. The molecular weight excluding hydrogens is 276 g/mol. The fraction of sp³-hybridized carbons (Fsp3) is 0.333. The highest BCUT2D eigenvalue weighted by molar-refractivity contribution is 6.32. The molecule has 2 aromatic rings. The molecule has 1 aromatic carbocycles. The highest BCUT2D eigenvalue weighted by atomic mass is 35.5. The number of hydrogen-bond donors (Lipinski definition) is 1. The predicted octanol–water partition coefficient (Wildman–Crippen LogP) is 3.66. The molecule has 0 spiro atoms. The molecule has 1 aliphatic carbocycles. The van der Waals surface area contributed by atoms with E-state index in [2.05, 4.69) is 18.1 Å². The summed E-state index contributed by atoms with van der Waals surface area (Å²) in [6, 6.07) is 6.81. The maximum absolute atomic E-state index is 11.1.